The van der Waals surface area contributed by atoms with E-state index in [4.69, 9.17) is 0 Å². The molecule has 29 heavy (non-hydrogen) atoms. The Morgan fingerprint density at radius 1 is 1.03 bits per heavy atom. The molecule has 5 nitrogen and oxygen atoms in total. The van der Waals surface area contributed by atoms with Gasteiger partial charge in [-0.25, -0.2) is 9.37 Å². The Kier molecular flexibility index (Phi) is 6.39. The number of hydrogen-bond acceptors (Lipinski definition) is 4. The molecule has 0 saturated heterocycles. The van der Waals surface area contributed by atoms with Gasteiger partial charge in [-0.3, -0.25) is 9.59 Å². The Morgan fingerprint density at radius 2 is 1.76 bits per heavy atom. The Hall–Kier alpha value is -3.06. The highest BCUT2D eigenvalue weighted by Gasteiger charge is 2.15. The minimum absolute atomic E-state index is 0.288. The number of anilines is 1. The number of halogens is 1. The average molecular weight is 412 g/mol. The number of aromatic nitrogens is 1. The molecule has 2 N–H and O–H groups in total. The first-order valence-corrected chi connectivity index (χ1v) is 10.0. The topological polar surface area (TPSA) is 71.1 Å². The Bertz CT molecular complexity index is 1040. The lowest BCUT2D eigenvalue weighted by Gasteiger charge is -2.10. The fourth-order valence-corrected chi connectivity index (χ4v) is 3.88. The van der Waals surface area contributed by atoms with Crippen molar-refractivity contribution in [2.75, 3.05) is 11.9 Å². The van der Waals surface area contributed by atoms with Crippen LogP contribution in [0.4, 0.5) is 10.1 Å². The summed E-state index contributed by atoms with van der Waals surface area (Å²) in [6, 6.07) is 11.7. The van der Waals surface area contributed by atoms with E-state index in [0.29, 0.717) is 18.7 Å². The van der Waals surface area contributed by atoms with Crippen molar-refractivity contribution < 1.29 is 14.0 Å². The van der Waals surface area contributed by atoms with Gasteiger partial charge in [0.2, 0.25) is 0 Å². The van der Waals surface area contributed by atoms with Crippen LogP contribution >= 0.6 is 11.3 Å². The molecule has 0 radical (unpaired) electrons. The molecule has 0 fully saturated rings. The van der Waals surface area contributed by atoms with Gasteiger partial charge < -0.3 is 10.6 Å². The predicted octanol–water partition coefficient (Wildman–Crippen LogP) is 4.17. The second kappa shape index (κ2) is 8.96. The molecule has 2 aromatic carbocycles. The molecule has 0 atom stereocenters. The van der Waals surface area contributed by atoms with E-state index in [0.717, 1.165) is 32.3 Å². The van der Waals surface area contributed by atoms with Crippen molar-refractivity contribution in [2.24, 2.45) is 0 Å². The zero-order chi connectivity index (χ0) is 21.0. The van der Waals surface area contributed by atoms with Gasteiger partial charge in [-0.2, -0.15) is 0 Å². The van der Waals surface area contributed by atoms with Gasteiger partial charge in [0.25, 0.3) is 0 Å². The first-order valence-electron chi connectivity index (χ1n) is 9.23. The van der Waals surface area contributed by atoms with Crippen LogP contribution in [0.15, 0.2) is 42.5 Å². The van der Waals surface area contributed by atoms with Crippen molar-refractivity contribution in [2.45, 2.75) is 27.2 Å². The van der Waals surface area contributed by atoms with Gasteiger partial charge in [-0.05, 0) is 62.2 Å². The molecule has 150 valence electrons. The molecule has 0 aliphatic carbocycles. The summed E-state index contributed by atoms with van der Waals surface area (Å²) < 4.78 is 13.1. The molecular formula is C22H22FN3O2S. The third-order valence-corrected chi connectivity index (χ3v) is 5.95. The van der Waals surface area contributed by atoms with Crippen LogP contribution in [0.2, 0.25) is 0 Å². The van der Waals surface area contributed by atoms with Gasteiger partial charge in [0, 0.05) is 29.1 Å². The largest absolute Gasteiger partial charge is 0.347 e. The van der Waals surface area contributed by atoms with Gasteiger partial charge in [0.05, 0.1) is 5.69 Å². The van der Waals surface area contributed by atoms with E-state index in [1.54, 1.807) is 18.2 Å². The first kappa shape index (κ1) is 20.7. The van der Waals surface area contributed by atoms with E-state index in [9.17, 15) is 14.0 Å². The molecule has 7 heteroatoms. The molecule has 0 saturated carbocycles. The monoisotopic (exact) mass is 411 g/mol. The molecule has 1 aromatic heterocycles. The molecule has 2 amide bonds. The predicted molar refractivity (Wildman–Crippen MR) is 114 cm³/mol. The van der Waals surface area contributed by atoms with Crippen molar-refractivity contribution in [1.29, 1.82) is 0 Å². The smallest absolute Gasteiger partial charge is 0.313 e. The number of hydrogen-bond donors (Lipinski definition) is 2. The van der Waals surface area contributed by atoms with Crippen LogP contribution in [-0.2, 0) is 16.0 Å². The molecule has 3 aromatic rings. The summed E-state index contributed by atoms with van der Waals surface area (Å²) in [5.74, 6) is -1.65. The summed E-state index contributed by atoms with van der Waals surface area (Å²) in [6.07, 6.45) is 0.563. The molecule has 0 spiro atoms. The van der Waals surface area contributed by atoms with E-state index < -0.39 is 11.8 Å². The average Bonchev–Trinajstić information content (AvgIpc) is 3.06. The third-order valence-electron chi connectivity index (χ3n) is 4.68. The van der Waals surface area contributed by atoms with Crippen molar-refractivity contribution in [3.8, 4) is 10.6 Å². The molecule has 0 bridgehead atoms. The van der Waals surface area contributed by atoms with Gasteiger partial charge in [-0.1, -0.05) is 12.1 Å². The van der Waals surface area contributed by atoms with Gasteiger partial charge in [0.15, 0.2) is 0 Å². The highest BCUT2D eigenvalue weighted by molar-refractivity contribution is 7.15. The molecule has 3 rings (SSSR count). The fraction of sp³-hybridized carbons (Fsp3) is 0.227. The fourth-order valence-electron chi connectivity index (χ4n) is 2.81. The number of aryl methyl sites for hydroxylation is 2. The van der Waals surface area contributed by atoms with Crippen LogP contribution in [0.1, 0.15) is 21.7 Å². The lowest BCUT2D eigenvalue weighted by molar-refractivity contribution is -0.136. The minimum atomic E-state index is -0.688. The maximum absolute atomic E-state index is 13.1. The molecule has 0 aliphatic heterocycles. The van der Waals surface area contributed by atoms with Crippen LogP contribution in [0.5, 0.6) is 0 Å². The number of nitrogens with zero attached hydrogens (tertiary/aromatic N) is 1. The number of nitrogens with one attached hydrogen (secondary N) is 2. The summed E-state index contributed by atoms with van der Waals surface area (Å²) in [5, 5.41) is 6.10. The Labute approximate surface area is 173 Å². The SMILES string of the molecule is Cc1cccc(NC(=O)C(=O)NCCc2sc(-c3ccc(F)cc3)nc2C)c1C. The van der Waals surface area contributed by atoms with Crippen LogP contribution in [0.25, 0.3) is 10.6 Å². The summed E-state index contributed by atoms with van der Waals surface area (Å²) in [7, 11) is 0. The minimum Gasteiger partial charge on any atom is -0.347 e. The lowest BCUT2D eigenvalue weighted by atomic mass is 10.1. The summed E-state index contributed by atoms with van der Waals surface area (Å²) >= 11 is 1.50. The van der Waals surface area contributed by atoms with E-state index >= 15 is 0 Å². The number of thiazole rings is 1. The zero-order valence-electron chi connectivity index (χ0n) is 16.5. The second-order valence-corrected chi connectivity index (χ2v) is 7.83. The summed E-state index contributed by atoms with van der Waals surface area (Å²) in [4.78, 5) is 29.8. The molecule has 1 heterocycles. The van der Waals surface area contributed by atoms with Crippen molar-refractivity contribution in [3.63, 3.8) is 0 Å². The highest BCUT2D eigenvalue weighted by Crippen LogP contribution is 2.28. The standard InChI is InChI=1S/C22H22FN3O2S/c1-13-5-4-6-18(14(13)2)26-21(28)20(27)24-12-11-19-15(3)25-22(29-19)16-7-9-17(23)10-8-16/h4-10H,11-12H2,1-3H3,(H,24,27)(H,26,28). The normalized spacial score (nSPS) is 10.6. The van der Waals surface area contributed by atoms with Crippen LogP contribution in [-0.4, -0.2) is 23.3 Å². The quantitative estimate of drug-likeness (QED) is 0.619. The third kappa shape index (κ3) is 5.06. The van der Waals surface area contributed by atoms with Gasteiger partial charge in [-0.15, -0.1) is 11.3 Å². The van der Waals surface area contributed by atoms with Crippen molar-refractivity contribution in [1.82, 2.24) is 10.3 Å². The second-order valence-electron chi connectivity index (χ2n) is 6.74. The highest BCUT2D eigenvalue weighted by atomic mass is 32.1. The van der Waals surface area contributed by atoms with E-state index in [1.807, 2.05) is 32.9 Å². The first-order chi connectivity index (χ1) is 13.8. The molecular weight excluding hydrogens is 389 g/mol. The number of carbonyl (C=O) groups excluding carboxylic acids is 2. The van der Waals surface area contributed by atoms with E-state index in [-0.39, 0.29) is 5.82 Å². The Morgan fingerprint density at radius 3 is 2.48 bits per heavy atom. The Balaban J connectivity index is 1.55. The number of rotatable bonds is 5. The van der Waals surface area contributed by atoms with Crippen molar-refractivity contribution >= 4 is 28.8 Å². The lowest BCUT2D eigenvalue weighted by Crippen LogP contribution is -2.36. The van der Waals surface area contributed by atoms with E-state index in [2.05, 4.69) is 15.6 Å². The molecule has 0 aliphatic rings. The van der Waals surface area contributed by atoms with Gasteiger partial charge in [0.1, 0.15) is 10.8 Å². The zero-order valence-corrected chi connectivity index (χ0v) is 17.3. The number of amides is 2. The maximum atomic E-state index is 13.1. The van der Waals surface area contributed by atoms with Gasteiger partial charge >= 0.3 is 11.8 Å². The summed E-state index contributed by atoms with van der Waals surface area (Å²) in [5.41, 5.74) is 4.32. The maximum Gasteiger partial charge on any atom is 0.313 e. The number of carbonyl (C=O) groups is 2. The van der Waals surface area contributed by atoms with Crippen molar-refractivity contribution in [3.05, 3.63) is 70.0 Å². The van der Waals surface area contributed by atoms with Crippen LogP contribution in [0, 0.1) is 26.6 Å². The summed E-state index contributed by atoms with van der Waals surface area (Å²) in [6.45, 7) is 6.07. The van der Waals surface area contributed by atoms with E-state index in [1.165, 1.54) is 23.5 Å². The molecule has 0 unspecified atom stereocenters. The van der Waals surface area contributed by atoms with Crippen LogP contribution < -0.4 is 10.6 Å². The number of benzene rings is 2. The van der Waals surface area contributed by atoms with Crippen LogP contribution in [0.3, 0.4) is 0 Å².